The Morgan fingerprint density at radius 2 is 1.94 bits per heavy atom. The average molecular weight is 245 g/mol. The predicted molar refractivity (Wildman–Crippen MR) is 76.6 cm³/mol. The third-order valence-corrected chi connectivity index (χ3v) is 3.16. The molecular formula is C15H23N3. The molecule has 0 saturated carbocycles. The van der Waals surface area contributed by atoms with Crippen LogP contribution in [0, 0.1) is 5.41 Å². The van der Waals surface area contributed by atoms with Gasteiger partial charge in [0.25, 0.3) is 0 Å². The molecule has 0 aromatic heterocycles. The molecule has 0 radical (unpaired) electrons. The Bertz CT molecular complexity index is 417. The summed E-state index contributed by atoms with van der Waals surface area (Å²) in [7, 11) is 0. The van der Waals surface area contributed by atoms with Crippen LogP contribution in [-0.2, 0) is 6.42 Å². The molecule has 3 heteroatoms. The van der Waals surface area contributed by atoms with E-state index in [0.29, 0.717) is 12.0 Å². The number of hydrogen-bond acceptors (Lipinski definition) is 3. The van der Waals surface area contributed by atoms with Gasteiger partial charge in [-0.25, -0.2) is 0 Å². The third kappa shape index (κ3) is 3.25. The van der Waals surface area contributed by atoms with Crippen molar-refractivity contribution in [2.75, 3.05) is 13.1 Å². The third-order valence-electron chi connectivity index (χ3n) is 3.16. The quantitative estimate of drug-likeness (QED) is 0.887. The van der Waals surface area contributed by atoms with E-state index in [4.69, 9.17) is 5.73 Å². The van der Waals surface area contributed by atoms with Gasteiger partial charge in [-0.05, 0) is 17.4 Å². The van der Waals surface area contributed by atoms with Crippen LogP contribution in [0.4, 0.5) is 0 Å². The summed E-state index contributed by atoms with van der Waals surface area (Å²) < 4.78 is 0. The number of rotatable bonds is 3. The molecule has 1 heterocycles. The molecule has 0 spiro atoms. The number of benzene rings is 1. The first-order valence-electron chi connectivity index (χ1n) is 6.56. The van der Waals surface area contributed by atoms with Gasteiger partial charge in [0.1, 0.15) is 0 Å². The van der Waals surface area contributed by atoms with E-state index >= 15 is 0 Å². The summed E-state index contributed by atoms with van der Waals surface area (Å²) in [5.41, 5.74) is 7.59. The SMILES string of the molecule is CC(C)(C)CN1C(N)=NC[C@@H]1Cc1ccccc1. The Kier molecular flexibility index (Phi) is 3.60. The average Bonchev–Trinajstić information content (AvgIpc) is 2.61. The molecule has 1 aliphatic rings. The number of hydrogen-bond donors (Lipinski definition) is 1. The molecule has 0 bridgehead atoms. The number of aliphatic imine (C=N–C) groups is 1. The molecule has 18 heavy (non-hydrogen) atoms. The highest BCUT2D eigenvalue weighted by Crippen LogP contribution is 2.21. The second kappa shape index (κ2) is 5.01. The van der Waals surface area contributed by atoms with Crippen LogP contribution in [0.1, 0.15) is 26.3 Å². The molecule has 1 aromatic carbocycles. The molecule has 0 fully saturated rings. The summed E-state index contributed by atoms with van der Waals surface area (Å²) in [6.07, 6.45) is 1.01. The Hall–Kier alpha value is -1.51. The molecule has 98 valence electrons. The van der Waals surface area contributed by atoms with Crippen molar-refractivity contribution < 1.29 is 0 Å². The van der Waals surface area contributed by atoms with Gasteiger partial charge in [-0.15, -0.1) is 0 Å². The van der Waals surface area contributed by atoms with Gasteiger partial charge >= 0.3 is 0 Å². The monoisotopic (exact) mass is 245 g/mol. The Morgan fingerprint density at radius 1 is 1.28 bits per heavy atom. The highest BCUT2D eigenvalue weighted by atomic mass is 15.3. The topological polar surface area (TPSA) is 41.6 Å². The fourth-order valence-corrected chi connectivity index (χ4v) is 2.36. The van der Waals surface area contributed by atoms with Crippen LogP contribution >= 0.6 is 0 Å². The summed E-state index contributed by atoms with van der Waals surface area (Å²) in [5, 5.41) is 0. The van der Waals surface area contributed by atoms with Crippen LogP contribution in [0.3, 0.4) is 0 Å². The molecule has 0 amide bonds. The van der Waals surface area contributed by atoms with Crippen LogP contribution in [0.5, 0.6) is 0 Å². The minimum absolute atomic E-state index is 0.236. The Morgan fingerprint density at radius 3 is 2.56 bits per heavy atom. The van der Waals surface area contributed by atoms with Crippen LogP contribution in [0.25, 0.3) is 0 Å². The van der Waals surface area contributed by atoms with Gasteiger partial charge in [0.15, 0.2) is 5.96 Å². The van der Waals surface area contributed by atoms with Crippen molar-refractivity contribution in [2.24, 2.45) is 16.1 Å². The summed E-state index contributed by atoms with van der Waals surface area (Å²) in [6.45, 7) is 8.48. The van der Waals surface area contributed by atoms with Gasteiger partial charge in [-0.2, -0.15) is 0 Å². The van der Waals surface area contributed by atoms with Gasteiger partial charge in [0, 0.05) is 6.54 Å². The molecule has 1 atom stereocenters. The molecule has 2 rings (SSSR count). The first-order chi connectivity index (χ1) is 8.46. The number of nitrogens with zero attached hydrogens (tertiary/aromatic N) is 2. The van der Waals surface area contributed by atoms with Gasteiger partial charge in [0.2, 0.25) is 0 Å². The second-order valence-electron chi connectivity index (χ2n) is 6.23. The van der Waals surface area contributed by atoms with Gasteiger partial charge in [-0.1, -0.05) is 51.1 Å². The van der Waals surface area contributed by atoms with Gasteiger partial charge in [-0.3, -0.25) is 4.99 Å². The maximum Gasteiger partial charge on any atom is 0.191 e. The molecule has 0 saturated heterocycles. The van der Waals surface area contributed by atoms with E-state index < -0.39 is 0 Å². The highest BCUT2D eigenvalue weighted by molar-refractivity contribution is 5.80. The second-order valence-corrected chi connectivity index (χ2v) is 6.23. The van der Waals surface area contributed by atoms with Crippen LogP contribution in [0.15, 0.2) is 35.3 Å². The predicted octanol–water partition coefficient (Wildman–Crippen LogP) is 2.27. The molecule has 0 unspecified atom stereocenters. The first-order valence-corrected chi connectivity index (χ1v) is 6.56. The van der Waals surface area contributed by atoms with Crippen molar-refractivity contribution in [2.45, 2.75) is 33.2 Å². The van der Waals surface area contributed by atoms with E-state index in [1.165, 1.54) is 5.56 Å². The lowest BCUT2D eigenvalue weighted by atomic mass is 9.94. The summed E-state index contributed by atoms with van der Waals surface area (Å²) in [4.78, 5) is 6.66. The van der Waals surface area contributed by atoms with Crippen molar-refractivity contribution in [3.05, 3.63) is 35.9 Å². The van der Waals surface area contributed by atoms with Crippen LogP contribution in [0.2, 0.25) is 0 Å². The maximum absolute atomic E-state index is 6.01. The molecule has 3 nitrogen and oxygen atoms in total. The molecule has 1 aliphatic heterocycles. The summed E-state index contributed by atoms with van der Waals surface area (Å²) >= 11 is 0. The minimum Gasteiger partial charge on any atom is -0.370 e. The van der Waals surface area contributed by atoms with Crippen LogP contribution in [-0.4, -0.2) is 30.0 Å². The number of guanidine groups is 1. The lowest BCUT2D eigenvalue weighted by Crippen LogP contribution is -2.46. The van der Waals surface area contributed by atoms with E-state index in [1.54, 1.807) is 0 Å². The van der Waals surface area contributed by atoms with E-state index in [2.05, 4.69) is 61.0 Å². The van der Waals surface area contributed by atoms with Crippen molar-refractivity contribution in [1.29, 1.82) is 0 Å². The Labute approximate surface area is 110 Å². The van der Waals surface area contributed by atoms with Crippen molar-refractivity contribution in [1.82, 2.24) is 4.90 Å². The fourth-order valence-electron chi connectivity index (χ4n) is 2.36. The van der Waals surface area contributed by atoms with Gasteiger partial charge < -0.3 is 10.6 Å². The molecule has 2 N–H and O–H groups in total. The normalized spacial score (nSPS) is 20.1. The van der Waals surface area contributed by atoms with E-state index in [0.717, 1.165) is 19.5 Å². The minimum atomic E-state index is 0.236. The smallest absolute Gasteiger partial charge is 0.191 e. The zero-order valence-electron chi connectivity index (χ0n) is 11.6. The van der Waals surface area contributed by atoms with Crippen molar-refractivity contribution in [3.63, 3.8) is 0 Å². The fraction of sp³-hybridized carbons (Fsp3) is 0.533. The van der Waals surface area contributed by atoms with E-state index in [9.17, 15) is 0 Å². The molecular weight excluding hydrogens is 222 g/mol. The highest BCUT2D eigenvalue weighted by Gasteiger charge is 2.29. The zero-order chi connectivity index (χ0) is 13.2. The maximum atomic E-state index is 6.01. The van der Waals surface area contributed by atoms with Gasteiger partial charge in [0.05, 0.1) is 12.6 Å². The summed E-state index contributed by atoms with van der Waals surface area (Å²) in [5.74, 6) is 0.700. The Balaban J connectivity index is 2.05. The lowest BCUT2D eigenvalue weighted by molar-refractivity contribution is 0.237. The lowest BCUT2D eigenvalue weighted by Gasteiger charge is -2.32. The molecule has 0 aliphatic carbocycles. The number of nitrogens with two attached hydrogens (primary N) is 1. The van der Waals surface area contributed by atoms with Crippen molar-refractivity contribution in [3.8, 4) is 0 Å². The standard InChI is InChI=1S/C15H23N3/c1-15(2,3)11-18-13(10-17-14(18)16)9-12-7-5-4-6-8-12/h4-8,13H,9-11H2,1-3H3,(H2,16,17)/t13-/m0/s1. The van der Waals surface area contributed by atoms with Crippen LogP contribution < -0.4 is 5.73 Å². The van der Waals surface area contributed by atoms with Crippen molar-refractivity contribution >= 4 is 5.96 Å². The van der Waals surface area contributed by atoms with E-state index in [-0.39, 0.29) is 5.41 Å². The summed E-state index contributed by atoms with van der Waals surface area (Å²) in [6, 6.07) is 11.0. The zero-order valence-corrected chi connectivity index (χ0v) is 11.6. The molecule has 1 aromatic rings. The largest absolute Gasteiger partial charge is 0.370 e. The van der Waals surface area contributed by atoms with E-state index in [1.807, 2.05) is 0 Å². The first kappa shape index (κ1) is 12.9.